The van der Waals surface area contributed by atoms with Crippen LogP contribution in [0.2, 0.25) is 0 Å². The molecule has 4 nitrogen and oxygen atoms in total. The van der Waals surface area contributed by atoms with E-state index in [1.807, 2.05) is 18.2 Å². The number of aromatic nitrogens is 1. The summed E-state index contributed by atoms with van der Waals surface area (Å²) in [5.74, 6) is 0.269. The van der Waals surface area contributed by atoms with E-state index in [0.717, 1.165) is 10.5 Å². The van der Waals surface area contributed by atoms with Crippen LogP contribution in [0.5, 0.6) is 5.88 Å². The Labute approximate surface area is 115 Å². The van der Waals surface area contributed by atoms with Gasteiger partial charge in [0.2, 0.25) is 5.88 Å². The van der Waals surface area contributed by atoms with Gasteiger partial charge in [-0.05, 0) is 18.2 Å². The molecule has 0 spiro atoms. The van der Waals surface area contributed by atoms with Crippen molar-refractivity contribution in [1.29, 1.82) is 0 Å². The standard InChI is InChI=1S/C14H13NO3S/c1-18-13-10(5-4-8-15-13)9-19-12-7-3-2-6-11(12)14(16)17/h2-8H,9H2,1H3,(H,16,17). The summed E-state index contributed by atoms with van der Waals surface area (Å²) < 4.78 is 5.17. The molecule has 0 radical (unpaired) electrons. The highest BCUT2D eigenvalue weighted by atomic mass is 32.2. The fraction of sp³-hybridized carbons (Fsp3) is 0.143. The lowest BCUT2D eigenvalue weighted by Gasteiger charge is -2.08. The van der Waals surface area contributed by atoms with Crippen molar-refractivity contribution in [3.8, 4) is 5.88 Å². The Morgan fingerprint density at radius 1 is 1.32 bits per heavy atom. The third-order valence-corrected chi connectivity index (χ3v) is 3.67. The van der Waals surface area contributed by atoms with Gasteiger partial charge in [-0.15, -0.1) is 11.8 Å². The number of carboxylic acid groups (broad SMARTS) is 1. The van der Waals surface area contributed by atoms with Crippen molar-refractivity contribution < 1.29 is 14.6 Å². The third kappa shape index (κ3) is 3.26. The van der Waals surface area contributed by atoms with Crippen molar-refractivity contribution in [2.75, 3.05) is 7.11 Å². The highest BCUT2D eigenvalue weighted by Gasteiger charge is 2.11. The Kier molecular flexibility index (Phi) is 4.41. The van der Waals surface area contributed by atoms with E-state index in [1.54, 1.807) is 31.5 Å². The average molecular weight is 275 g/mol. The van der Waals surface area contributed by atoms with E-state index in [0.29, 0.717) is 17.2 Å². The molecular formula is C14H13NO3S. The van der Waals surface area contributed by atoms with Gasteiger partial charge in [-0.25, -0.2) is 9.78 Å². The minimum atomic E-state index is -0.916. The first kappa shape index (κ1) is 13.4. The van der Waals surface area contributed by atoms with E-state index >= 15 is 0 Å². The van der Waals surface area contributed by atoms with Gasteiger partial charge < -0.3 is 9.84 Å². The van der Waals surface area contributed by atoms with Crippen LogP contribution < -0.4 is 4.74 Å². The topological polar surface area (TPSA) is 59.4 Å². The Morgan fingerprint density at radius 3 is 2.84 bits per heavy atom. The average Bonchev–Trinajstić information content (AvgIpc) is 2.45. The SMILES string of the molecule is COc1ncccc1CSc1ccccc1C(=O)O. The Balaban J connectivity index is 2.17. The van der Waals surface area contributed by atoms with E-state index < -0.39 is 5.97 Å². The lowest BCUT2D eigenvalue weighted by atomic mass is 10.2. The zero-order valence-corrected chi connectivity index (χ0v) is 11.2. The highest BCUT2D eigenvalue weighted by molar-refractivity contribution is 7.98. The van der Waals surface area contributed by atoms with Gasteiger partial charge in [0.1, 0.15) is 0 Å². The van der Waals surface area contributed by atoms with Crippen LogP contribution >= 0.6 is 11.8 Å². The summed E-state index contributed by atoms with van der Waals surface area (Å²) in [5.41, 5.74) is 1.26. The van der Waals surface area contributed by atoms with Crippen molar-refractivity contribution in [1.82, 2.24) is 4.98 Å². The molecule has 0 saturated carbocycles. The molecule has 0 bridgehead atoms. The van der Waals surface area contributed by atoms with Crippen molar-refractivity contribution in [3.05, 3.63) is 53.7 Å². The number of hydrogen-bond acceptors (Lipinski definition) is 4. The molecule has 2 rings (SSSR count). The number of carboxylic acids is 1. The summed E-state index contributed by atoms with van der Waals surface area (Å²) in [6, 6.07) is 10.7. The predicted octanol–water partition coefficient (Wildman–Crippen LogP) is 3.08. The van der Waals surface area contributed by atoms with Gasteiger partial charge in [-0.1, -0.05) is 18.2 Å². The molecule has 1 N–H and O–H groups in total. The normalized spacial score (nSPS) is 10.2. The predicted molar refractivity (Wildman–Crippen MR) is 73.8 cm³/mol. The smallest absolute Gasteiger partial charge is 0.336 e. The number of ether oxygens (including phenoxy) is 1. The second kappa shape index (κ2) is 6.24. The number of hydrogen-bond donors (Lipinski definition) is 1. The summed E-state index contributed by atoms with van der Waals surface area (Å²) in [4.78, 5) is 16.0. The van der Waals surface area contributed by atoms with E-state index in [1.165, 1.54) is 11.8 Å². The second-order valence-electron chi connectivity index (χ2n) is 3.76. The lowest BCUT2D eigenvalue weighted by molar-refractivity contribution is 0.0693. The van der Waals surface area contributed by atoms with Gasteiger partial charge in [0.15, 0.2) is 0 Å². The van der Waals surface area contributed by atoms with Gasteiger partial charge >= 0.3 is 5.97 Å². The Morgan fingerprint density at radius 2 is 2.11 bits per heavy atom. The van der Waals surface area contributed by atoms with Crippen LogP contribution in [-0.2, 0) is 5.75 Å². The molecule has 0 saturated heterocycles. The van der Waals surface area contributed by atoms with Crippen molar-refractivity contribution >= 4 is 17.7 Å². The van der Waals surface area contributed by atoms with Gasteiger partial charge in [0.05, 0.1) is 12.7 Å². The minimum absolute atomic E-state index is 0.315. The Bertz CT molecular complexity index is 586. The van der Waals surface area contributed by atoms with Crippen LogP contribution in [0, 0.1) is 0 Å². The molecule has 0 atom stereocenters. The van der Waals surface area contributed by atoms with Crippen LogP contribution in [-0.4, -0.2) is 23.2 Å². The first-order valence-corrected chi connectivity index (χ1v) is 6.64. The minimum Gasteiger partial charge on any atom is -0.481 e. The molecule has 1 aromatic carbocycles. The number of pyridine rings is 1. The monoisotopic (exact) mass is 275 g/mol. The number of nitrogens with zero attached hydrogens (tertiary/aromatic N) is 1. The molecule has 1 heterocycles. The van der Waals surface area contributed by atoms with E-state index in [-0.39, 0.29) is 0 Å². The molecule has 0 amide bonds. The summed E-state index contributed by atoms with van der Waals surface area (Å²) in [6.07, 6.45) is 1.66. The van der Waals surface area contributed by atoms with E-state index in [9.17, 15) is 4.79 Å². The molecule has 0 aliphatic rings. The fourth-order valence-electron chi connectivity index (χ4n) is 1.64. The molecule has 0 aliphatic carbocycles. The van der Waals surface area contributed by atoms with Crippen LogP contribution in [0.1, 0.15) is 15.9 Å². The number of rotatable bonds is 5. The van der Waals surface area contributed by atoms with Gasteiger partial charge in [-0.2, -0.15) is 0 Å². The molecule has 0 unspecified atom stereocenters. The molecule has 5 heteroatoms. The van der Waals surface area contributed by atoms with Crippen molar-refractivity contribution in [3.63, 3.8) is 0 Å². The first-order chi connectivity index (χ1) is 9.22. The molecule has 0 aliphatic heterocycles. The van der Waals surface area contributed by atoms with Crippen molar-refractivity contribution in [2.45, 2.75) is 10.6 Å². The fourth-order valence-corrected chi connectivity index (χ4v) is 2.66. The number of aromatic carboxylic acids is 1. The van der Waals surface area contributed by atoms with Gasteiger partial charge in [-0.3, -0.25) is 0 Å². The molecule has 1 aromatic heterocycles. The third-order valence-electron chi connectivity index (χ3n) is 2.54. The zero-order valence-electron chi connectivity index (χ0n) is 10.4. The first-order valence-electron chi connectivity index (χ1n) is 5.65. The van der Waals surface area contributed by atoms with E-state index in [4.69, 9.17) is 9.84 Å². The number of benzene rings is 1. The van der Waals surface area contributed by atoms with Crippen molar-refractivity contribution in [2.24, 2.45) is 0 Å². The Hall–Kier alpha value is -2.01. The zero-order chi connectivity index (χ0) is 13.7. The number of carbonyl (C=O) groups is 1. The van der Waals surface area contributed by atoms with Crippen LogP contribution in [0.3, 0.4) is 0 Å². The van der Waals surface area contributed by atoms with Crippen LogP contribution in [0.15, 0.2) is 47.5 Å². The number of thioether (sulfide) groups is 1. The van der Waals surface area contributed by atoms with Gasteiger partial charge in [0, 0.05) is 22.4 Å². The maximum atomic E-state index is 11.1. The summed E-state index contributed by atoms with van der Waals surface area (Å²) >= 11 is 1.46. The van der Waals surface area contributed by atoms with E-state index in [2.05, 4.69) is 4.98 Å². The molecular weight excluding hydrogens is 262 g/mol. The molecule has 0 fully saturated rings. The second-order valence-corrected chi connectivity index (χ2v) is 4.78. The molecule has 2 aromatic rings. The largest absolute Gasteiger partial charge is 0.481 e. The summed E-state index contributed by atoms with van der Waals surface area (Å²) in [5, 5.41) is 9.11. The van der Waals surface area contributed by atoms with Gasteiger partial charge in [0.25, 0.3) is 0 Å². The molecule has 19 heavy (non-hydrogen) atoms. The highest BCUT2D eigenvalue weighted by Crippen LogP contribution is 2.28. The summed E-state index contributed by atoms with van der Waals surface area (Å²) in [7, 11) is 1.57. The summed E-state index contributed by atoms with van der Waals surface area (Å²) in [6.45, 7) is 0. The maximum Gasteiger partial charge on any atom is 0.336 e. The van der Waals surface area contributed by atoms with Crippen LogP contribution in [0.25, 0.3) is 0 Å². The maximum absolute atomic E-state index is 11.1. The molecule has 98 valence electrons. The number of methoxy groups -OCH3 is 1. The quantitative estimate of drug-likeness (QED) is 0.850. The lowest BCUT2D eigenvalue weighted by Crippen LogP contribution is -1.99. The van der Waals surface area contributed by atoms with Crippen LogP contribution in [0.4, 0.5) is 0 Å².